The second-order valence-corrected chi connectivity index (χ2v) is 7.86. The number of nitrogens with zero attached hydrogens (tertiary/aromatic N) is 1. The van der Waals surface area contributed by atoms with Crippen molar-refractivity contribution in [1.82, 2.24) is 4.90 Å². The number of para-hydroxylation sites is 1. The molecular formula is C26H25N3O4. The van der Waals surface area contributed by atoms with Crippen LogP contribution < -0.4 is 11.1 Å². The molecule has 1 aliphatic heterocycles. The van der Waals surface area contributed by atoms with E-state index < -0.39 is 0 Å². The number of Topliss-reactive ketones (excluding diaryl/α,β-unsaturated/α-hetero) is 1. The molecule has 1 aliphatic rings. The first kappa shape index (κ1) is 22.2. The number of ketones is 1. The molecule has 0 aliphatic carbocycles. The lowest BCUT2D eigenvalue weighted by Crippen LogP contribution is -2.32. The van der Waals surface area contributed by atoms with Crippen LogP contribution in [0.5, 0.6) is 0 Å². The third-order valence-corrected chi connectivity index (χ3v) is 5.67. The highest BCUT2D eigenvalue weighted by atomic mass is 16.5. The number of nitrogen functional groups attached to an aromatic ring is 1. The first-order chi connectivity index (χ1) is 16.0. The molecule has 3 aromatic rings. The van der Waals surface area contributed by atoms with Gasteiger partial charge in [-0.25, -0.2) is 0 Å². The van der Waals surface area contributed by atoms with Crippen LogP contribution >= 0.6 is 0 Å². The highest BCUT2D eigenvalue weighted by Crippen LogP contribution is 2.26. The molecule has 168 valence electrons. The number of anilines is 2. The summed E-state index contributed by atoms with van der Waals surface area (Å²) in [5.41, 5.74) is 10.5. The molecule has 2 amide bonds. The predicted octanol–water partition coefficient (Wildman–Crippen LogP) is 3.55. The minimum atomic E-state index is -0.308. The van der Waals surface area contributed by atoms with Gasteiger partial charge in [0.05, 0.1) is 24.3 Å². The van der Waals surface area contributed by atoms with E-state index in [1.807, 2.05) is 30.3 Å². The van der Waals surface area contributed by atoms with Crippen molar-refractivity contribution in [2.75, 3.05) is 31.3 Å². The zero-order chi connectivity index (χ0) is 23.4. The molecule has 3 N–H and O–H groups in total. The molecule has 0 spiro atoms. The number of nitrogens with two attached hydrogens (primary N) is 1. The second kappa shape index (κ2) is 9.67. The molecular weight excluding hydrogens is 418 g/mol. The van der Waals surface area contributed by atoms with Crippen molar-refractivity contribution in [2.45, 2.75) is 13.0 Å². The average molecular weight is 444 g/mol. The van der Waals surface area contributed by atoms with Gasteiger partial charge in [0.25, 0.3) is 11.8 Å². The molecule has 0 fully saturated rings. The third-order valence-electron chi connectivity index (χ3n) is 5.67. The molecule has 1 heterocycles. The van der Waals surface area contributed by atoms with E-state index in [4.69, 9.17) is 10.5 Å². The highest BCUT2D eigenvalue weighted by Gasteiger charge is 2.35. The lowest BCUT2D eigenvalue weighted by Gasteiger charge is -2.12. The van der Waals surface area contributed by atoms with E-state index in [2.05, 4.69) is 5.32 Å². The van der Waals surface area contributed by atoms with E-state index in [-0.39, 0.29) is 30.6 Å². The van der Waals surface area contributed by atoms with Gasteiger partial charge in [-0.3, -0.25) is 19.3 Å². The summed E-state index contributed by atoms with van der Waals surface area (Å²) in [6, 6.07) is 19.9. The van der Waals surface area contributed by atoms with Gasteiger partial charge in [0.1, 0.15) is 0 Å². The maximum atomic E-state index is 12.6. The number of fused-ring (bicyclic) bond motifs is 1. The Bertz CT molecular complexity index is 1200. The number of carbonyl (C=O) groups excluding carboxylic acids is 3. The fraction of sp³-hybridized carbons (Fsp3) is 0.192. The Balaban J connectivity index is 1.38. The van der Waals surface area contributed by atoms with Crippen molar-refractivity contribution in [2.24, 2.45) is 0 Å². The smallest absolute Gasteiger partial charge is 0.261 e. The molecule has 0 bridgehead atoms. The first-order valence-corrected chi connectivity index (χ1v) is 10.7. The molecule has 0 unspecified atom stereocenters. The summed E-state index contributed by atoms with van der Waals surface area (Å²) in [6.45, 7) is 1.04. The van der Waals surface area contributed by atoms with E-state index in [0.29, 0.717) is 35.5 Å². The van der Waals surface area contributed by atoms with Crippen LogP contribution in [0.25, 0.3) is 0 Å². The Morgan fingerprint density at radius 1 is 0.970 bits per heavy atom. The number of hydrogen-bond acceptors (Lipinski definition) is 6. The molecule has 33 heavy (non-hydrogen) atoms. The van der Waals surface area contributed by atoms with Gasteiger partial charge in [0.2, 0.25) is 0 Å². The normalized spacial score (nSPS) is 12.7. The van der Waals surface area contributed by atoms with E-state index in [9.17, 15) is 14.4 Å². The highest BCUT2D eigenvalue weighted by molar-refractivity contribution is 6.21. The van der Waals surface area contributed by atoms with E-state index in [1.54, 1.807) is 36.4 Å². The van der Waals surface area contributed by atoms with Gasteiger partial charge in [0.15, 0.2) is 5.78 Å². The summed E-state index contributed by atoms with van der Waals surface area (Å²) in [4.78, 5) is 38.8. The molecule has 0 saturated carbocycles. The predicted molar refractivity (Wildman–Crippen MR) is 126 cm³/mol. The van der Waals surface area contributed by atoms with Crippen molar-refractivity contribution in [3.8, 4) is 0 Å². The SMILES string of the molecule is COCCN1C(=O)c2ccc(NCc3ccc(C(=O)Cc4ccccc4N)cc3)cc2C1=O. The molecule has 7 nitrogen and oxygen atoms in total. The number of ether oxygens (including phenoxy) is 1. The maximum Gasteiger partial charge on any atom is 0.261 e. The summed E-state index contributed by atoms with van der Waals surface area (Å²) >= 11 is 0. The van der Waals surface area contributed by atoms with Crippen LogP contribution in [0.1, 0.15) is 42.2 Å². The number of hydrogen-bond donors (Lipinski definition) is 2. The van der Waals surface area contributed by atoms with Crippen molar-refractivity contribution in [1.29, 1.82) is 0 Å². The Morgan fingerprint density at radius 2 is 1.70 bits per heavy atom. The van der Waals surface area contributed by atoms with Crippen LogP contribution in [0.2, 0.25) is 0 Å². The lowest BCUT2D eigenvalue weighted by atomic mass is 10.0. The fourth-order valence-electron chi connectivity index (χ4n) is 3.77. The van der Waals surface area contributed by atoms with Gasteiger partial charge in [-0.05, 0) is 35.4 Å². The van der Waals surface area contributed by atoms with Crippen molar-refractivity contribution >= 4 is 29.0 Å². The largest absolute Gasteiger partial charge is 0.398 e. The van der Waals surface area contributed by atoms with E-state index in [1.165, 1.54) is 12.0 Å². The zero-order valence-corrected chi connectivity index (χ0v) is 18.3. The number of rotatable bonds is 9. The van der Waals surface area contributed by atoms with Gasteiger partial charge >= 0.3 is 0 Å². The Kier molecular flexibility index (Phi) is 6.51. The van der Waals surface area contributed by atoms with Gasteiger partial charge in [0, 0.05) is 37.0 Å². The Labute approximate surface area is 192 Å². The fourth-order valence-corrected chi connectivity index (χ4v) is 3.77. The van der Waals surface area contributed by atoms with Crippen LogP contribution in [0.4, 0.5) is 11.4 Å². The Hall–Kier alpha value is -3.97. The van der Waals surface area contributed by atoms with Gasteiger partial charge in [-0.2, -0.15) is 0 Å². The maximum absolute atomic E-state index is 12.6. The summed E-state index contributed by atoms with van der Waals surface area (Å²) in [7, 11) is 1.53. The molecule has 7 heteroatoms. The number of methoxy groups -OCH3 is 1. The number of carbonyl (C=O) groups is 3. The molecule has 0 radical (unpaired) electrons. The average Bonchev–Trinajstić information content (AvgIpc) is 3.07. The summed E-state index contributed by atoms with van der Waals surface area (Å²) in [5.74, 6) is -0.596. The zero-order valence-electron chi connectivity index (χ0n) is 18.3. The van der Waals surface area contributed by atoms with E-state index in [0.717, 1.165) is 16.8 Å². The first-order valence-electron chi connectivity index (χ1n) is 10.7. The van der Waals surface area contributed by atoms with Crippen LogP contribution in [0.15, 0.2) is 66.7 Å². The van der Waals surface area contributed by atoms with Crippen molar-refractivity contribution in [3.05, 3.63) is 94.5 Å². The number of imide groups is 1. The summed E-state index contributed by atoms with van der Waals surface area (Å²) < 4.78 is 4.98. The summed E-state index contributed by atoms with van der Waals surface area (Å²) in [5, 5.41) is 3.27. The topological polar surface area (TPSA) is 102 Å². The molecule has 0 atom stereocenters. The number of benzene rings is 3. The Morgan fingerprint density at radius 3 is 2.42 bits per heavy atom. The van der Waals surface area contributed by atoms with Gasteiger partial charge < -0.3 is 15.8 Å². The summed E-state index contributed by atoms with van der Waals surface area (Å²) in [6.07, 6.45) is 0.257. The molecule has 4 rings (SSSR count). The van der Waals surface area contributed by atoms with Crippen LogP contribution in [0.3, 0.4) is 0 Å². The number of nitrogens with one attached hydrogen (secondary N) is 1. The van der Waals surface area contributed by atoms with Crippen molar-refractivity contribution < 1.29 is 19.1 Å². The molecule has 3 aromatic carbocycles. The standard InChI is InChI=1S/C26H25N3O4/c1-33-13-12-29-25(31)21-11-10-20(15-22(21)26(29)32)28-16-17-6-8-18(9-7-17)24(30)14-19-4-2-3-5-23(19)27/h2-11,15,28H,12-14,16,27H2,1H3. The van der Waals surface area contributed by atoms with Gasteiger partial charge in [-0.1, -0.05) is 42.5 Å². The van der Waals surface area contributed by atoms with Crippen LogP contribution in [-0.2, 0) is 17.7 Å². The molecule has 0 aromatic heterocycles. The quantitative estimate of drug-likeness (QED) is 0.298. The van der Waals surface area contributed by atoms with Crippen molar-refractivity contribution in [3.63, 3.8) is 0 Å². The lowest BCUT2D eigenvalue weighted by molar-refractivity contribution is 0.0603. The van der Waals surface area contributed by atoms with Crippen LogP contribution in [0, 0.1) is 0 Å². The van der Waals surface area contributed by atoms with Gasteiger partial charge in [-0.15, -0.1) is 0 Å². The van der Waals surface area contributed by atoms with E-state index >= 15 is 0 Å². The third kappa shape index (κ3) is 4.78. The van der Waals surface area contributed by atoms with Crippen LogP contribution in [-0.4, -0.2) is 42.8 Å². The monoisotopic (exact) mass is 443 g/mol. The molecule has 0 saturated heterocycles. The minimum Gasteiger partial charge on any atom is -0.398 e. The second-order valence-electron chi connectivity index (χ2n) is 7.86. The minimum absolute atomic E-state index is 0.00670. The number of amides is 2.